The predicted octanol–water partition coefficient (Wildman–Crippen LogP) is 6.51. The molecule has 0 aliphatic heterocycles. The molecule has 2 amide bonds. The molecule has 0 aliphatic rings. The summed E-state index contributed by atoms with van der Waals surface area (Å²) in [6.07, 6.45) is 0. The number of aliphatic hydroxyl groups is 1. The predicted molar refractivity (Wildman–Crippen MR) is 124 cm³/mol. The highest BCUT2D eigenvalue weighted by atomic mass is 35.5. The first-order valence-corrected chi connectivity index (χ1v) is 11.0. The van der Waals surface area contributed by atoms with E-state index in [1.165, 1.54) is 0 Å². The van der Waals surface area contributed by atoms with E-state index in [4.69, 9.17) is 11.6 Å². The first kappa shape index (κ1) is 24.1. The molecule has 0 aliphatic carbocycles. The number of carbonyl (C=O) groups excluding carboxylic acids is 1. The summed E-state index contributed by atoms with van der Waals surface area (Å²) in [4.78, 5) is 13.3. The lowest BCUT2D eigenvalue weighted by atomic mass is 9.92. The largest absolute Gasteiger partial charge is 0.386 e. The standard InChI is InChI=1S/C23H28ClN3O2S/c1-13(2)19-10-17(24)11-20(14(3)4)21(19)26-22(28)27-30-18-8-15(12-25)7-16(9-18)23(5,6)29/h7-11,13-14,29H,1-6H3,(H2,26,27,28). The number of nitriles is 1. The minimum Gasteiger partial charge on any atom is -0.386 e. The molecule has 2 aromatic carbocycles. The van der Waals surface area contributed by atoms with Crippen molar-refractivity contribution in [3.63, 3.8) is 0 Å². The van der Waals surface area contributed by atoms with Gasteiger partial charge in [-0.2, -0.15) is 5.26 Å². The third-order valence-electron chi connectivity index (χ3n) is 4.65. The van der Waals surface area contributed by atoms with Gasteiger partial charge in [0.1, 0.15) is 0 Å². The summed E-state index contributed by atoms with van der Waals surface area (Å²) in [5.41, 5.74) is 2.65. The molecule has 0 fully saturated rings. The van der Waals surface area contributed by atoms with Crippen LogP contribution in [-0.2, 0) is 5.60 Å². The monoisotopic (exact) mass is 445 g/mol. The Bertz CT molecular complexity index is 946. The second-order valence-corrected chi connectivity index (χ2v) is 9.66. The maximum atomic E-state index is 12.7. The van der Waals surface area contributed by atoms with Gasteiger partial charge in [-0.25, -0.2) is 4.79 Å². The number of anilines is 1. The van der Waals surface area contributed by atoms with Crippen LogP contribution in [0.15, 0.2) is 35.2 Å². The van der Waals surface area contributed by atoms with E-state index in [9.17, 15) is 15.2 Å². The number of halogens is 1. The van der Waals surface area contributed by atoms with E-state index in [1.54, 1.807) is 32.0 Å². The smallest absolute Gasteiger partial charge is 0.329 e. The van der Waals surface area contributed by atoms with Crippen LogP contribution in [0.4, 0.5) is 10.5 Å². The molecule has 0 spiro atoms. The highest BCUT2D eigenvalue weighted by Crippen LogP contribution is 2.35. The van der Waals surface area contributed by atoms with Crippen LogP contribution in [0.5, 0.6) is 0 Å². The van der Waals surface area contributed by atoms with Gasteiger partial charge in [-0.1, -0.05) is 39.3 Å². The minimum atomic E-state index is -1.09. The van der Waals surface area contributed by atoms with Crippen molar-refractivity contribution in [3.05, 3.63) is 57.6 Å². The first-order chi connectivity index (χ1) is 13.9. The highest BCUT2D eigenvalue weighted by Gasteiger charge is 2.19. The molecule has 0 unspecified atom stereocenters. The number of hydrogen-bond acceptors (Lipinski definition) is 4. The fourth-order valence-electron chi connectivity index (χ4n) is 3.02. The number of rotatable bonds is 6. The average Bonchev–Trinajstić information content (AvgIpc) is 2.66. The Morgan fingerprint density at radius 2 is 1.67 bits per heavy atom. The maximum absolute atomic E-state index is 12.7. The van der Waals surface area contributed by atoms with E-state index < -0.39 is 5.60 Å². The molecule has 0 radical (unpaired) electrons. The zero-order valence-corrected chi connectivity index (χ0v) is 19.7. The van der Waals surface area contributed by atoms with E-state index >= 15 is 0 Å². The van der Waals surface area contributed by atoms with E-state index in [0.29, 0.717) is 21.0 Å². The zero-order chi connectivity index (χ0) is 22.6. The van der Waals surface area contributed by atoms with E-state index in [1.807, 2.05) is 12.1 Å². The first-order valence-electron chi connectivity index (χ1n) is 9.77. The van der Waals surface area contributed by atoms with Crippen LogP contribution < -0.4 is 10.0 Å². The summed E-state index contributed by atoms with van der Waals surface area (Å²) in [5.74, 6) is 0.372. The molecule has 0 bridgehead atoms. The maximum Gasteiger partial charge on any atom is 0.329 e. The van der Waals surface area contributed by atoms with Gasteiger partial charge in [0.25, 0.3) is 0 Å². The third kappa shape index (κ3) is 6.15. The highest BCUT2D eigenvalue weighted by molar-refractivity contribution is 7.98. The molecular formula is C23H28ClN3O2S. The molecule has 0 heterocycles. The fraction of sp³-hybridized carbons (Fsp3) is 0.391. The van der Waals surface area contributed by atoms with Crippen LogP contribution in [-0.4, -0.2) is 11.1 Å². The molecule has 0 aromatic heterocycles. The quantitative estimate of drug-likeness (QED) is 0.442. The van der Waals surface area contributed by atoms with Gasteiger partial charge in [0.2, 0.25) is 0 Å². The third-order valence-corrected chi connectivity index (χ3v) is 5.63. The summed E-state index contributed by atoms with van der Waals surface area (Å²) in [6.45, 7) is 11.5. The van der Waals surface area contributed by atoms with Gasteiger partial charge in [0, 0.05) is 15.6 Å². The second kappa shape index (κ2) is 9.74. The average molecular weight is 446 g/mol. The number of nitrogens with zero attached hydrogens (tertiary/aromatic N) is 1. The van der Waals surface area contributed by atoms with Crippen LogP contribution in [0.2, 0.25) is 5.02 Å². The Labute approximate surface area is 188 Å². The van der Waals surface area contributed by atoms with Gasteiger partial charge in [-0.3, -0.25) is 4.72 Å². The molecule has 160 valence electrons. The number of amides is 2. The van der Waals surface area contributed by atoms with Crippen molar-refractivity contribution >= 4 is 35.3 Å². The molecule has 7 heteroatoms. The Kier molecular flexibility index (Phi) is 7.81. The number of urea groups is 1. The van der Waals surface area contributed by atoms with Crippen LogP contribution >= 0.6 is 23.5 Å². The van der Waals surface area contributed by atoms with Crippen molar-refractivity contribution in [2.45, 2.75) is 63.9 Å². The van der Waals surface area contributed by atoms with Gasteiger partial charge in [-0.15, -0.1) is 0 Å². The summed E-state index contributed by atoms with van der Waals surface area (Å²) in [6, 6.07) is 10.5. The lowest BCUT2D eigenvalue weighted by molar-refractivity contribution is 0.0783. The van der Waals surface area contributed by atoms with Gasteiger partial charge in [-0.05, 0) is 84.7 Å². The summed E-state index contributed by atoms with van der Waals surface area (Å²) in [5, 5.41) is 23.1. The Hall–Kier alpha value is -2.20. The van der Waals surface area contributed by atoms with Crippen molar-refractivity contribution in [1.82, 2.24) is 4.72 Å². The van der Waals surface area contributed by atoms with Crippen LogP contribution in [0.3, 0.4) is 0 Å². The zero-order valence-electron chi connectivity index (χ0n) is 18.1. The van der Waals surface area contributed by atoms with Crippen molar-refractivity contribution in [2.24, 2.45) is 0 Å². The van der Waals surface area contributed by atoms with Crippen LogP contribution in [0, 0.1) is 11.3 Å². The molecule has 0 atom stereocenters. The van der Waals surface area contributed by atoms with Gasteiger partial charge in [0.15, 0.2) is 0 Å². The number of nitrogens with one attached hydrogen (secondary N) is 2. The van der Waals surface area contributed by atoms with Crippen LogP contribution in [0.1, 0.15) is 75.6 Å². The summed E-state index contributed by atoms with van der Waals surface area (Å²) < 4.78 is 2.77. The topological polar surface area (TPSA) is 85.2 Å². The molecule has 0 saturated heterocycles. The van der Waals surface area contributed by atoms with Crippen molar-refractivity contribution in [1.29, 1.82) is 5.26 Å². The normalized spacial score (nSPS) is 11.5. The second-order valence-electron chi connectivity index (χ2n) is 8.34. The molecule has 2 aromatic rings. The molecule has 30 heavy (non-hydrogen) atoms. The Balaban J connectivity index is 2.25. The van der Waals surface area contributed by atoms with E-state index in [-0.39, 0.29) is 17.9 Å². The number of hydrogen-bond donors (Lipinski definition) is 3. The summed E-state index contributed by atoms with van der Waals surface area (Å²) >= 11 is 7.38. The lowest BCUT2D eigenvalue weighted by Crippen LogP contribution is -2.24. The Morgan fingerprint density at radius 1 is 1.10 bits per heavy atom. The van der Waals surface area contributed by atoms with Crippen molar-refractivity contribution in [3.8, 4) is 6.07 Å². The van der Waals surface area contributed by atoms with Crippen LogP contribution in [0.25, 0.3) is 0 Å². The number of benzene rings is 2. The van der Waals surface area contributed by atoms with Gasteiger partial charge in [0.05, 0.1) is 17.2 Å². The van der Waals surface area contributed by atoms with E-state index in [0.717, 1.165) is 28.8 Å². The summed E-state index contributed by atoms with van der Waals surface area (Å²) in [7, 11) is 0. The molecule has 3 N–H and O–H groups in total. The fourth-order valence-corrected chi connectivity index (χ4v) is 3.89. The number of carbonyl (C=O) groups is 1. The Morgan fingerprint density at radius 3 is 2.13 bits per heavy atom. The van der Waals surface area contributed by atoms with E-state index in [2.05, 4.69) is 43.8 Å². The van der Waals surface area contributed by atoms with Crippen molar-refractivity contribution in [2.75, 3.05) is 5.32 Å². The van der Waals surface area contributed by atoms with Gasteiger partial charge >= 0.3 is 6.03 Å². The van der Waals surface area contributed by atoms with Gasteiger partial charge < -0.3 is 10.4 Å². The molecular weight excluding hydrogens is 418 g/mol. The molecule has 2 rings (SSSR count). The molecule has 5 nitrogen and oxygen atoms in total. The SMILES string of the molecule is CC(C)c1cc(Cl)cc(C(C)C)c1NC(=O)NSc1cc(C#N)cc(C(C)(C)O)c1. The minimum absolute atomic E-state index is 0.186. The lowest BCUT2D eigenvalue weighted by Gasteiger charge is -2.21. The molecule has 0 saturated carbocycles. The van der Waals surface area contributed by atoms with Crippen molar-refractivity contribution < 1.29 is 9.90 Å².